The number of nitrogens with two attached hydrogens (primary N) is 1. The van der Waals surface area contributed by atoms with Crippen LogP contribution in [-0.2, 0) is 0 Å². The number of nitrogens with one attached hydrogen (secondary N) is 1. The number of aliphatic hydroxyl groups excluding tert-OH is 1. The number of H-pyrrole nitrogens is 1. The van der Waals surface area contributed by atoms with Gasteiger partial charge in [0.2, 0.25) is 0 Å². The zero-order valence-corrected chi connectivity index (χ0v) is 11.9. The summed E-state index contributed by atoms with van der Waals surface area (Å²) in [6, 6.07) is 1.82. The Balaban J connectivity index is 2.05. The first-order valence-electron chi connectivity index (χ1n) is 6.78. The maximum Gasteiger partial charge on any atom is 0.140 e. The summed E-state index contributed by atoms with van der Waals surface area (Å²) < 4.78 is 0. The second-order valence-corrected chi connectivity index (χ2v) is 5.75. The van der Waals surface area contributed by atoms with Gasteiger partial charge in [0.05, 0.1) is 40.1 Å². The maximum absolute atomic E-state index is 9.79. The second kappa shape index (κ2) is 4.47. The molecule has 6 nitrogen and oxygen atoms in total. The van der Waals surface area contributed by atoms with Gasteiger partial charge in [-0.3, -0.25) is 0 Å². The van der Waals surface area contributed by atoms with Crippen LogP contribution in [0.25, 0.3) is 21.9 Å². The van der Waals surface area contributed by atoms with Crippen LogP contribution in [0.3, 0.4) is 0 Å². The smallest absolute Gasteiger partial charge is 0.140 e. The van der Waals surface area contributed by atoms with Crippen LogP contribution in [-0.4, -0.2) is 39.3 Å². The molecule has 0 unspecified atom stereocenters. The number of β-amino-alcohol motifs (C(OH)–C–C–N with tert-alkyl or cyclic N) is 1. The SMILES string of the molecule is Nc1cc2c(cn1)[nH]c1ncc(Cl)c(N3CC[C@H](O)C3)c12. The molecule has 3 aromatic rings. The lowest BCUT2D eigenvalue weighted by Crippen LogP contribution is -2.21. The Morgan fingerprint density at radius 2 is 2.24 bits per heavy atom. The molecule has 0 aliphatic carbocycles. The fourth-order valence-corrected chi connectivity index (χ4v) is 3.25. The van der Waals surface area contributed by atoms with Gasteiger partial charge in [-0.15, -0.1) is 0 Å². The van der Waals surface area contributed by atoms with Crippen LogP contribution < -0.4 is 10.6 Å². The van der Waals surface area contributed by atoms with Crippen LogP contribution in [0, 0.1) is 0 Å². The highest BCUT2D eigenvalue weighted by molar-refractivity contribution is 6.35. The highest BCUT2D eigenvalue weighted by Gasteiger charge is 2.25. The highest BCUT2D eigenvalue weighted by Crippen LogP contribution is 2.39. The first kappa shape index (κ1) is 12.7. The zero-order chi connectivity index (χ0) is 14.6. The number of aromatic amines is 1. The first-order chi connectivity index (χ1) is 10.1. The fourth-order valence-electron chi connectivity index (χ4n) is 2.99. The van der Waals surface area contributed by atoms with Crippen molar-refractivity contribution in [3.8, 4) is 0 Å². The van der Waals surface area contributed by atoms with Gasteiger partial charge in [-0.1, -0.05) is 11.6 Å². The summed E-state index contributed by atoms with van der Waals surface area (Å²) in [5.41, 5.74) is 8.32. The van der Waals surface area contributed by atoms with Crippen LogP contribution in [0.2, 0.25) is 5.02 Å². The molecule has 1 aliphatic heterocycles. The third-order valence-electron chi connectivity index (χ3n) is 3.93. The van der Waals surface area contributed by atoms with E-state index in [0.29, 0.717) is 17.4 Å². The van der Waals surface area contributed by atoms with Crippen molar-refractivity contribution in [2.24, 2.45) is 0 Å². The number of aliphatic hydroxyl groups is 1. The molecule has 1 aliphatic rings. The lowest BCUT2D eigenvalue weighted by atomic mass is 10.2. The summed E-state index contributed by atoms with van der Waals surface area (Å²) in [6.07, 6.45) is 3.76. The van der Waals surface area contributed by atoms with E-state index in [4.69, 9.17) is 17.3 Å². The van der Waals surface area contributed by atoms with E-state index in [1.54, 1.807) is 12.4 Å². The van der Waals surface area contributed by atoms with E-state index in [-0.39, 0.29) is 6.10 Å². The number of anilines is 2. The van der Waals surface area contributed by atoms with Crippen molar-refractivity contribution in [1.82, 2.24) is 15.0 Å². The molecule has 108 valence electrons. The number of fused-ring (bicyclic) bond motifs is 3. The molecule has 0 radical (unpaired) electrons. The summed E-state index contributed by atoms with van der Waals surface area (Å²) in [5, 5.41) is 12.2. The average Bonchev–Trinajstić information content (AvgIpc) is 3.03. The van der Waals surface area contributed by atoms with Gasteiger partial charge in [0.15, 0.2) is 0 Å². The van der Waals surface area contributed by atoms with Crippen LogP contribution in [0.5, 0.6) is 0 Å². The molecule has 1 atom stereocenters. The zero-order valence-electron chi connectivity index (χ0n) is 11.2. The van der Waals surface area contributed by atoms with Gasteiger partial charge >= 0.3 is 0 Å². The molecule has 0 bridgehead atoms. The first-order valence-corrected chi connectivity index (χ1v) is 7.15. The molecule has 7 heteroatoms. The van der Waals surface area contributed by atoms with E-state index in [2.05, 4.69) is 19.9 Å². The number of aromatic nitrogens is 3. The number of rotatable bonds is 1. The summed E-state index contributed by atoms with van der Waals surface area (Å²) in [7, 11) is 0. The molecule has 4 heterocycles. The largest absolute Gasteiger partial charge is 0.391 e. The predicted molar refractivity (Wildman–Crippen MR) is 83.7 cm³/mol. The van der Waals surface area contributed by atoms with Crippen LogP contribution in [0.1, 0.15) is 6.42 Å². The fraction of sp³-hybridized carbons (Fsp3) is 0.286. The van der Waals surface area contributed by atoms with Crippen molar-refractivity contribution in [2.45, 2.75) is 12.5 Å². The van der Waals surface area contributed by atoms with Gasteiger partial charge < -0.3 is 20.7 Å². The Morgan fingerprint density at radius 1 is 1.38 bits per heavy atom. The Hall–Kier alpha value is -2.05. The predicted octanol–water partition coefficient (Wildman–Crippen LogP) is 1.92. The Bertz CT molecular complexity index is 846. The lowest BCUT2D eigenvalue weighted by Gasteiger charge is -2.20. The van der Waals surface area contributed by atoms with Gasteiger partial charge in [0, 0.05) is 18.5 Å². The van der Waals surface area contributed by atoms with E-state index >= 15 is 0 Å². The minimum atomic E-state index is -0.318. The molecule has 1 fully saturated rings. The Kier molecular flexibility index (Phi) is 2.70. The van der Waals surface area contributed by atoms with Gasteiger partial charge in [0.1, 0.15) is 11.5 Å². The number of hydrogen-bond donors (Lipinski definition) is 3. The summed E-state index contributed by atoms with van der Waals surface area (Å²) in [6.45, 7) is 1.35. The molecule has 0 aromatic carbocycles. The quantitative estimate of drug-likeness (QED) is 0.639. The lowest BCUT2D eigenvalue weighted by molar-refractivity contribution is 0.198. The van der Waals surface area contributed by atoms with Crippen molar-refractivity contribution >= 4 is 45.0 Å². The molecule has 3 aromatic heterocycles. The van der Waals surface area contributed by atoms with Gasteiger partial charge in [-0.05, 0) is 12.5 Å². The van der Waals surface area contributed by atoms with Crippen molar-refractivity contribution < 1.29 is 5.11 Å². The van der Waals surface area contributed by atoms with Gasteiger partial charge in [-0.2, -0.15) is 0 Å². The van der Waals surface area contributed by atoms with Crippen LogP contribution in [0.15, 0.2) is 18.5 Å². The van der Waals surface area contributed by atoms with Crippen molar-refractivity contribution in [3.63, 3.8) is 0 Å². The molecule has 0 spiro atoms. The molecule has 4 rings (SSSR count). The van der Waals surface area contributed by atoms with Crippen LogP contribution >= 0.6 is 11.6 Å². The van der Waals surface area contributed by atoms with Crippen molar-refractivity contribution in [3.05, 3.63) is 23.5 Å². The molecule has 0 saturated carbocycles. The molecule has 0 amide bonds. The molecular formula is C14H14ClN5O. The monoisotopic (exact) mass is 303 g/mol. The van der Waals surface area contributed by atoms with E-state index in [0.717, 1.165) is 40.6 Å². The molecular weight excluding hydrogens is 290 g/mol. The summed E-state index contributed by atoms with van der Waals surface area (Å²) >= 11 is 6.38. The normalized spacial score (nSPS) is 19.0. The number of halogens is 1. The summed E-state index contributed by atoms with van der Waals surface area (Å²) in [5.74, 6) is 0.454. The third kappa shape index (κ3) is 1.91. The number of hydrogen-bond acceptors (Lipinski definition) is 5. The number of nitrogen functional groups attached to an aromatic ring is 1. The van der Waals surface area contributed by atoms with Gasteiger partial charge in [-0.25, -0.2) is 9.97 Å². The standard InChI is InChI=1S/C14H14ClN5O/c15-9-4-18-14-12(13(9)20-2-1-7(21)6-20)8-3-11(16)17-5-10(8)19-14/h3-5,7,21H,1-2,6H2,(H2,16,17)(H,18,19)/t7-/m0/s1. The van der Waals surface area contributed by atoms with E-state index < -0.39 is 0 Å². The van der Waals surface area contributed by atoms with E-state index in [1.807, 2.05) is 6.07 Å². The van der Waals surface area contributed by atoms with Crippen molar-refractivity contribution in [2.75, 3.05) is 23.7 Å². The maximum atomic E-state index is 9.79. The number of pyridine rings is 2. The minimum Gasteiger partial charge on any atom is -0.391 e. The third-order valence-corrected chi connectivity index (χ3v) is 4.21. The highest BCUT2D eigenvalue weighted by atomic mass is 35.5. The molecule has 4 N–H and O–H groups in total. The molecule has 1 saturated heterocycles. The van der Waals surface area contributed by atoms with E-state index in [9.17, 15) is 5.11 Å². The van der Waals surface area contributed by atoms with E-state index in [1.165, 1.54) is 0 Å². The minimum absolute atomic E-state index is 0.318. The number of nitrogens with zero attached hydrogens (tertiary/aromatic N) is 3. The Labute approximate surface area is 125 Å². The topological polar surface area (TPSA) is 91.1 Å². The summed E-state index contributed by atoms with van der Waals surface area (Å²) in [4.78, 5) is 13.8. The van der Waals surface area contributed by atoms with Gasteiger partial charge in [0.25, 0.3) is 0 Å². The average molecular weight is 304 g/mol. The molecule has 21 heavy (non-hydrogen) atoms. The second-order valence-electron chi connectivity index (χ2n) is 5.35. The Morgan fingerprint density at radius 3 is 3.00 bits per heavy atom. The van der Waals surface area contributed by atoms with Crippen molar-refractivity contribution in [1.29, 1.82) is 0 Å². The van der Waals surface area contributed by atoms with Crippen LogP contribution in [0.4, 0.5) is 11.5 Å².